The number of anilines is 2. The van der Waals surface area contributed by atoms with Gasteiger partial charge >= 0.3 is 6.18 Å². The Morgan fingerprint density at radius 1 is 1.11 bits per heavy atom. The Bertz CT molecular complexity index is 880. The SMILES string of the molecule is CCc1cc2c(s1)C(N1CCN(C)CC1)=Nc1cc(C(F)(F)F)ccc1N2. The van der Waals surface area contributed by atoms with E-state index in [0.717, 1.165) is 61.1 Å². The molecule has 8 heteroatoms. The Morgan fingerprint density at radius 3 is 2.52 bits per heavy atom. The number of nitrogens with one attached hydrogen (secondary N) is 1. The summed E-state index contributed by atoms with van der Waals surface area (Å²) in [6.07, 6.45) is -3.47. The van der Waals surface area contributed by atoms with Gasteiger partial charge in [-0.3, -0.25) is 0 Å². The molecule has 4 rings (SSSR count). The molecule has 1 fully saturated rings. The van der Waals surface area contributed by atoms with Crippen LogP contribution in [0.25, 0.3) is 0 Å². The number of hydrogen-bond acceptors (Lipinski definition) is 5. The number of benzene rings is 1. The molecule has 0 saturated carbocycles. The van der Waals surface area contributed by atoms with Crippen molar-refractivity contribution in [3.05, 3.63) is 39.6 Å². The van der Waals surface area contributed by atoms with Crippen LogP contribution in [0.4, 0.5) is 30.2 Å². The number of nitrogens with zero attached hydrogens (tertiary/aromatic N) is 3. The van der Waals surface area contributed by atoms with Crippen LogP contribution in [-0.4, -0.2) is 48.9 Å². The lowest BCUT2D eigenvalue weighted by Crippen LogP contribution is -2.47. The van der Waals surface area contributed by atoms with Crippen LogP contribution >= 0.6 is 11.3 Å². The Labute approximate surface area is 160 Å². The summed E-state index contributed by atoms with van der Waals surface area (Å²) in [5.41, 5.74) is 1.19. The first-order valence-corrected chi connectivity index (χ1v) is 9.80. The largest absolute Gasteiger partial charge is 0.416 e. The van der Waals surface area contributed by atoms with Gasteiger partial charge in [-0.15, -0.1) is 11.3 Å². The van der Waals surface area contributed by atoms with Crippen LogP contribution < -0.4 is 5.32 Å². The van der Waals surface area contributed by atoms with Gasteiger partial charge in [0.05, 0.1) is 27.5 Å². The van der Waals surface area contributed by atoms with Crippen LogP contribution in [0.1, 0.15) is 22.2 Å². The normalized spacial score (nSPS) is 17.7. The standard InChI is InChI=1S/C19H21F3N4S/c1-3-13-11-16-17(27-13)18(26-8-6-25(2)7-9-26)24-15-10-12(19(20,21)22)4-5-14(15)23-16/h4-5,10-11,23H,3,6-9H2,1-2H3. The number of amidine groups is 1. The van der Waals surface area contributed by atoms with Gasteiger partial charge in [0.25, 0.3) is 0 Å². The lowest BCUT2D eigenvalue weighted by molar-refractivity contribution is -0.137. The highest BCUT2D eigenvalue weighted by molar-refractivity contribution is 7.14. The fraction of sp³-hybridized carbons (Fsp3) is 0.421. The van der Waals surface area contributed by atoms with Crippen LogP contribution in [0.15, 0.2) is 29.3 Å². The summed E-state index contributed by atoms with van der Waals surface area (Å²) >= 11 is 1.66. The molecule has 2 aliphatic rings. The molecule has 4 nitrogen and oxygen atoms in total. The van der Waals surface area contributed by atoms with Gasteiger partial charge in [0.2, 0.25) is 0 Å². The third-order valence-electron chi connectivity index (χ3n) is 4.96. The second-order valence-corrected chi connectivity index (χ2v) is 8.03. The number of aryl methyl sites for hydroxylation is 1. The van der Waals surface area contributed by atoms with Crippen molar-refractivity contribution in [2.45, 2.75) is 19.5 Å². The van der Waals surface area contributed by atoms with Crippen molar-refractivity contribution < 1.29 is 13.2 Å². The molecule has 27 heavy (non-hydrogen) atoms. The monoisotopic (exact) mass is 394 g/mol. The lowest BCUT2D eigenvalue weighted by atomic mass is 10.1. The number of aliphatic imine (C=N–C) groups is 1. The Balaban J connectivity index is 1.82. The number of hydrogen-bond donors (Lipinski definition) is 1. The molecule has 3 heterocycles. The molecule has 0 atom stereocenters. The quantitative estimate of drug-likeness (QED) is 0.760. The molecule has 0 bridgehead atoms. The predicted molar refractivity (Wildman–Crippen MR) is 104 cm³/mol. The van der Waals surface area contributed by atoms with Gasteiger partial charge in [0.15, 0.2) is 0 Å². The Kier molecular flexibility index (Phi) is 4.63. The van der Waals surface area contributed by atoms with E-state index in [1.54, 1.807) is 11.3 Å². The van der Waals surface area contributed by atoms with Crippen LogP contribution in [0, 0.1) is 0 Å². The highest BCUT2D eigenvalue weighted by atomic mass is 32.1. The minimum absolute atomic E-state index is 0.334. The van der Waals surface area contributed by atoms with Crippen molar-refractivity contribution >= 4 is 34.2 Å². The summed E-state index contributed by atoms with van der Waals surface area (Å²) in [6, 6.07) is 5.80. The summed E-state index contributed by atoms with van der Waals surface area (Å²) in [6.45, 7) is 5.53. The van der Waals surface area contributed by atoms with Crippen molar-refractivity contribution in [1.29, 1.82) is 0 Å². The highest BCUT2D eigenvalue weighted by Crippen LogP contribution is 2.41. The molecular weight excluding hydrogens is 373 g/mol. The number of thiophene rings is 1. The predicted octanol–water partition coefficient (Wildman–Crippen LogP) is 4.71. The average Bonchev–Trinajstić information content (AvgIpc) is 2.97. The van der Waals surface area contributed by atoms with Gasteiger partial charge in [0.1, 0.15) is 5.84 Å². The zero-order valence-electron chi connectivity index (χ0n) is 15.2. The summed E-state index contributed by atoms with van der Waals surface area (Å²) in [7, 11) is 2.07. The van der Waals surface area contributed by atoms with Gasteiger partial charge < -0.3 is 15.1 Å². The summed E-state index contributed by atoms with van der Waals surface area (Å²) in [5.74, 6) is 0.772. The fourth-order valence-corrected chi connectivity index (χ4v) is 4.39. The average molecular weight is 394 g/mol. The van der Waals surface area contributed by atoms with Gasteiger partial charge in [0, 0.05) is 31.1 Å². The van der Waals surface area contributed by atoms with E-state index < -0.39 is 11.7 Å². The topological polar surface area (TPSA) is 30.9 Å². The molecule has 0 unspecified atom stereocenters. The number of likely N-dealkylation sites (N-methyl/N-ethyl adjacent to an activating group) is 1. The van der Waals surface area contributed by atoms with E-state index in [1.165, 1.54) is 10.9 Å². The summed E-state index contributed by atoms with van der Waals surface area (Å²) in [4.78, 5) is 11.4. The molecule has 1 aromatic heterocycles. The maximum absolute atomic E-state index is 13.2. The van der Waals surface area contributed by atoms with Gasteiger partial charge in [-0.2, -0.15) is 13.2 Å². The second kappa shape index (κ2) is 6.83. The first-order chi connectivity index (χ1) is 12.8. The molecule has 0 radical (unpaired) electrons. The van der Waals surface area contributed by atoms with Crippen molar-refractivity contribution in [2.75, 3.05) is 38.5 Å². The molecule has 0 spiro atoms. The molecule has 1 saturated heterocycles. The first kappa shape index (κ1) is 18.3. The van der Waals surface area contributed by atoms with E-state index in [2.05, 4.69) is 35.2 Å². The molecule has 2 aromatic rings. The highest BCUT2D eigenvalue weighted by Gasteiger charge is 2.32. The molecule has 2 aliphatic heterocycles. The van der Waals surface area contributed by atoms with Crippen LogP contribution in [0.5, 0.6) is 0 Å². The van der Waals surface area contributed by atoms with Gasteiger partial charge in [-0.25, -0.2) is 4.99 Å². The first-order valence-electron chi connectivity index (χ1n) is 8.98. The molecular formula is C19H21F3N4S. The second-order valence-electron chi connectivity index (χ2n) is 6.89. The zero-order chi connectivity index (χ0) is 19.2. The van der Waals surface area contributed by atoms with Crippen molar-refractivity contribution in [2.24, 2.45) is 4.99 Å². The number of alkyl halides is 3. The molecule has 0 aliphatic carbocycles. The third kappa shape index (κ3) is 3.55. The maximum atomic E-state index is 13.2. The van der Waals surface area contributed by atoms with Gasteiger partial charge in [-0.1, -0.05) is 6.92 Å². The molecule has 0 amide bonds. The lowest BCUT2D eigenvalue weighted by Gasteiger charge is -2.34. The zero-order valence-corrected chi connectivity index (χ0v) is 16.0. The smallest absolute Gasteiger partial charge is 0.353 e. The van der Waals surface area contributed by atoms with Crippen molar-refractivity contribution in [3.8, 4) is 0 Å². The van der Waals surface area contributed by atoms with Crippen LogP contribution in [-0.2, 0) is 12.6 Å². The van der Waals surface area contributed by atoms with Crippen molar-refractivity contribution in [1.82, 2.24) is 9.80 Å². The maximum Gasteiger partial charge on any atom is 0.416 e. The van der Waals surface area contributed by atoms with Gasteiger partial charge in [-0.05, 0) is 37.7 Å². The van der Waals surface area contributed by atoms with Crippen LogP contribution in [0.3, 0.4) is 0 Å². The molecule has 1 N–H and O–H groups in total. The number of fused-ring (bicyclic) bond motifs is 2. The van der Waals surface area contributed by atoms with E-state index in [-0.39, 0.29) is 0 Å². The molecule has 1 aromatic carbocycles. The molecule has 144 valence electrons. The fourth-order valence-electron chi connectivity index (χ4n) is 3.32. The van der Waals surface area contributed by atoms with E-state index in [1.807, 2.05) is 0 Å². The minimum Gasteiger partial charge on any atom is -0.353 e. The van der Waals surface area contributed by atoms with E-state index >= 15 is 0 Å². The summed E-state index contributed by atoms with van der Waals surface area (Å²) in [5, 5.41) is 3.31. The van der Waals surface area contributed by atoms with Crippen molar-refractivity contribution in [3.63, 3.8) is 0 Å². The van der Waals surface area contributed by atoms with E-state index in [4.69, 9.17) is 4.99 Å². The van der Waals surface area contributed by atoms with E-state index in [9.17, 15) is 13.2 Å². The number of rotatable bonds is 1. The third-order valence-corrected chi connectivity index (χ3v) is 6.23. The summed E-state index contributed by atoms with van der Waals surface area (Å²) < 4.78 is 39.5. The number of piperazine rings is 1. The Morgan fingerprint density at radius 2 is 1.85 bits per heavy atom. The van der Waals surface area contributed by atoms with E-state index in [0.29, 0.717) is 11.4 Å². The Hall–Kier alpha value is -2.06. The number of halogens is 3. The minimum atomic E-state index is -4.38. The van der Waals surface area contributed by atoms with Crippen LogP contribution in [0.2, 0.25) is 0 Å².